The molecule has 0 aliphatic carbocycles. The van der Waals surface area contributed by atoms with E-state index in [-0.39, 0.29) is 5.41 Å². The molecule has 19 heavy (non-hydrogen) atoms. The molecule has 0 spiro atoms. The number of hydrogen-bond donors (Lipinski definition) is 2. The fraction of sp³-hybridized carbons (Fsp3) is 0.667. The predicted molar refractivity (Wildman–Crippen MR) is 81.5 cm³/mol. The van der Waals surface area contributed by atoms with Gasteiger partial charge in [0.25, 0.3) is 0 Å². The van der Waals surface area contributed by atoms with Crippen LogP contribution < -0.4 is 15.8 Å². The van der Waals surface area contributed by atoms with Crippen LogP contribution in [0.25, 0.3) is 0 Å². The van der Waals surface area contributed by atoms with Crippen LogP contribution in [0, 0.1) is 11.3 Å². The summed E-state index contributed by atoms with van der Waals surface area (Å²) in [5.74, 6) is 1.79. The van der Waals surface area contributed by atoms with Crippen LogP contribution in [0.2, 0.25) is 0 Å². The van der Waals surface area contributed by atoms with Gasteiger partial charge in [-0.2, -0.15) is 4.98 Å². The van der Waals surface area contributed by atoms with Gasteiger partial charge in [-0.1, -0.05) is 34.6 Å². The van der Waals surface area contributed by atoms with E-state index in [4.69, 9.17) is 10.5 Å². The van der Waals surface area contributed by atoms with E-state index in [9.17, 15) is 0 Å². The van der Waals surface area contributed by atoms with E-state index < -0.39 is 0 Å². The first-order chi connectivity index (χ1) is 8.84. The summed E-state index contributed by atoms with van der Waals surface area (Å²) in [7, 11) is 0. The highest BCUT2D eigenvalue weighted by Crippen LogP contribution is 2.24. The second-order valence-corrected chi connectivity index (χ2v) is 6.17. The lowest BCUT2D eigenvalue weighted by Gasteiger charge is -2.23. The van der Waals surface area contributed by atoms with Crippen molar-refractivity contribution in [2.75, 3.05) is 24.2 Å². The van der Waals surface area contributed by atoms with E-state index in [0.29, 0.717) is 24.1 Å². The highest BCUT2D eigenvalue weighted by atomic mass is 16.5. The number of hydrogen-bond acceptors (Lipinski definition) is 4. The summed E-state index contributed by atoms with van der Waals surface area (Å²) in [6.45, 7) is 12.4. The zero-order chi connectivity index (χ0) is 14.5. The largest absolute Gasteiger partial charge is 0.476 e. The van der Waals surface area contributed by atoms with E-state index in [1.165, 1.54) is 0 Å². The number of rotatable bonds is 7. The summed E-state index contributed by atoms with van der Waals surface area (Å²) in [5, 5.41) is 3.34. The van der Waals surface area contributed by atoms with Crippen molar-refractivity contribution in [3.63, 3.8) is 0 Å². The van der Waals surface area contributed by atoms with Crippen LogP contribution in [0.15, 0.2) is 12.1 Å². The quantitative estimate of drug-likeness (QED) is 0.791. The van der Waals surface area contributed by atoms with Crippen molar-refractivity contribution in [3.05, 3.63) is 12.1 Å². The maximum atomic E-state index is 5.87. The van der Waals surface area contributed by atoms with Crippen molar-refractivity contribution in [1.29, 1.82) is 0 Å². The normalized spacial score (nSPS) is 11.7. The lowest BCUT2D eigenvalue weighted by molar-refractivity contribution is 0.263. The molecule has 0 aromatic carbocycles. The zero-order valence-corrected chi connectivity index (χ0v) is 12.8. The van der Waals surface area contributed by atoms with Crippen molar-refractivity contribution in [1.82, 2.24) is 4.98 Å². The fourth-order valence-corrected chi connectivity index (χ4v) is 1.37. The van der Waals surface area contributed by atoms with Crippen LogP contribution >= 0.6 is 0 Å². The van der Waals surface area contributed by atoms with Crippen LogP contribution in [0.4, 0.5) is 11.5 Å². The van der Waals surface area contributed by atoms with Crippen molar-refractivity contribution in [2.45, 2.75) is 41.0 Å². The molecule has 1 rings (SSSR count). The maximum absolute atomic E-state index is 5.87. The van der Waals surface area contributed by atoms with E-state index in [1.54, 1.807) is 0 Å². The van der Waals surface area contributed by atoms with Crippen molar-refractivity contribution in [2.24, 2.45) is 11.3 Å². The van der Waals surface area contributed by atoms with Gasteiger partial charge in [0, 0.05) is 6.54 Å². The first kappa shape index (κ1) is 15.6. The summed E-state index contributed by atoms with van der Waals surface area (Å²) in [6, 6.07) is 3.73. The van der Waals surface area contributed by atoms with Crippen LogP contribution in [0.3, 0.4) is 0 Å². The average molecular weight is 265 g/mol. The zero-order valence-electron chi connectivity index (χ0n) is 12.8. The number of anilines is 2. The summed E-state index contributed by atoms with van der Waals surface area (Å²) >= 11 is 0. The molecule has 3 N–H and O–H groups in total. The van der Waals surface area contributed by atoms with Crippen LogP contribution in [0.1, 0.15) is 41.0 Å². The van der Waals surface area contributed by atoms with Crippen LogP contribution in [-0.2, 0) is 0 Å². The van der Waals surface area contributed by atoms with Gasteiger partial charge in [0.2, 0.25) is 5.88 Å². The smallest absolute Gasteiger partial charge is 0.239 e. The van der Waals surface area contributed by atoms with Crippen LogP contribution in [-0.4, -0.2) is 18.1 Å². The van der Waals surface area contributed by atoms with Crippen molar-refractivity contribution in [3.8, 4) is 5.88 Å². The Balaban J connectivity index is 2.67. The SMILES string of the molecule is CCC(C)(C)CNc1ccc(N)c(OCC(C)C)n1. The molecule has 1 aromatic rings. The summed E-state index contributed by atoms with van der Waals surface area (Å²) in [6.07, 6.45) is 1.12. The lowest BCUT2D eigenvalue weighted by Crippen LogP contribution is -2.22. The van der Waals surface area contributed by atoms with Gasteiger partial charge in [0.15, 0.2) is 0 Å². The first-order valence-corrected chi connectivity index (χ1v) is 6.97. The molecule has 0 aliphatic heterocycles. The molecule has 0 aliphatic rings. The van der Waals surface area contributed by atoms with Gasteiger partial charge >= 0.3 is 0 Å². The second kappa shape index (κ2) is 6.64. The maximum Gasteiger partial charge on any atom is 0.239 e. The summed E-state index contributed by atoms with van der Waals surface area (Å²) in [5.41, 5.74) is 6.70. The number of ether oxygens (including phenoxy) is 1. The topological polar surface area (TPSA) is 60.2 Å². The van der Waals surface area contributed by atoms with Gasteiger partial charge in [0.05, 0.1) is 12.3 Å². The van der Waals surface area contributed by atoms with E-state index in [2.05, 4.69) is 44.9 Å². The third-order valence-corrected chi connectivity index (χ3v) is 3.15. The first-order valence-electron chi connectivity index (χ1n) is 6.97. The molecule has 0 saturated heterocycles. The molecule has 0 unspecified atom stereocenters. The fourth-order valence-electron chi connectivity index (χ4n) is 1.37. The molecule has 0 radical (unpaired) electrons. The van der Waals surface area contributed by atoms with E-state index >= 15 is 0 Å². The Morgan fingerprint density at radius 1 is 1.37 bits per heavy atom. The molecular weight excluding hydrogens is 238 g/mol. The Morgan fingerprint density at radius 3 is 2.63 bits per heavy atom. The average Bonchev–Trinajstić information content (AvgIpc) is 2.36. The molecule has 4 heteroatoms. The number of nitrogens with two attached hydrogens (primary N) is 1. The number of aromatic nitrogens is 1. The molecule has 4 nitrogen and oxygen atoms in total. The molecule has 1 heterocycles. The number of nitrogens with zero attached hydrogens (tertiary/aromatic N) is 1. The highest BCUT2D eigenvalue weighted by molar-refractivity contribution is 5.53. The minimum absolute atomic E-state index is 0.252. The Labute approximate surface area is 116 Å². The highest BCUT2D eigenvalue weighted by Gasteiger charge is 2.15. The third-order valence-electron chi connectivity index (χ3n) is 3.15. The number of pyridine rings is 1. The number of nitrogens with one attached hydrogen (secondary N) is 1. The standard InChI is InChI=1S/C15H27N3O/c1-6-15(4,5)10-17-13-8-7-12(16)14(18-13)19-9-11(2)3/h7-8,11H,6,9-10,16H2,1-5H3,(H,17,18). The van der Waals surface area contributed by atoms with Gasteiger partial charge in [-0.3, -0.25) is 0 Å². The summed E-state index contributed by atoms with van der Waals surface area (Å²) < 4.78 is 5.62. The minimum Gasteiger partial charge on any atom is -0.476 e. The molecule has 0 bridgehead atoms. The predicted octanol–water partition coefficient (Wildman–Crippen LogP) is 3.55. The third kappa shape index (κ3) is 5.37. The van der Waals surface area contributed by atoms with Gasteiger partial charge < -0.3 is 15.8 Å². The Bertz CT molecular complexity index is 402. The van der Waals surface area contributed by atoms with E-state index in [1.807, 2.05) is 12.1 Å². The summed E-state index contributed by atoms with van der Waals surface area (Å²) in [4.78, 5) is 4.42. The van der Waals surface area contributed by atoms with Gasteiger partial charge in [-0.05, 0) is 29.9 Å². The van der Waals surface area contributed by atoms with Gasteiger partial charge in [0.1, 0.15) is 5.82 Å². The van der Waals surface area contributed by atoms with Crippen molar-refractivity contribution >= 4 is 11.5 Å². The Hall–Kier alpha value is -1.45. The molecule has 0 saturated carbocycles. The molecule has 0 amide bonds. The molecular formula is C15H27N3O. The lowest BCUT2D eigenvalue weighted by atomic mass is 9.90. The van der Waals surface area contributed by atoms with E-state index in [0.717, 1.165) is 18.8 Å². The number of nitrogen functional groups attached to an aromatic ring is 1. The molecule has 1 aromatic heterocycles. The van der Waals surface area contributed by atoms with Gasteiger partial charge in [-0.25, -0.2) is 0 Å². The molecule has 0 atom stereocenters. The second-order valence-electron chi connectivity index (χ2n) is 6.17. The minimum atomic E-state index is 0.252. The molecule has 108 valence electrons. The Morgan fingerprint density at radius 2 is 2.05 bits per heavy atom. The monoisotopic (exact) mass is 265 g/mol. The van der Waals surface area contributed by atoms with Crippen molar-refractivity contribution < 1.29 is 4.74 Å². The molecule has 0 fully saturated rings. The Kier molecular flexibility index (Phi) is 5.45. The van der Waals surface area contributed by atoms with Gasteiger partial charge in [-0.15, -0.1) is 0 Å². The van der Waals surface area contributed by atoms with Crippen LogP contribution in [0.5, 0.6) is 5.88 Å².